The number of hydrogen-bond donors (Lipinski definition) is 2. The van der Waals surface area contributed by atoms with E-state index in [1.54, 1.807) is 12.1 Å². The van der Waals surface area contributed by atoms with Gasteiger partial charge in [0.2, 0.25) is 11.7 Å². The van der Waals surface area contributed by atoms with Crippen LogP contribution in [0.3, 0.4) is 0 Å². The number of benzene rings is 1. The summed E-state index contributed by atoms with van der Waals surface area (Å²) in [6.45, 7) is 8.81. The quantitative estimate of drug-likeness (QED) is 0.849. The monoisotopic (exact) mass is 330 g/mol. The second kappa shape index (κ2) is 7.57. The summed E-state index contributed by atoms with van der Waals surface area (Å²) in [4.78, 5) is 16.6. The highest BCUT2D eigenvalue weighted by Gasteiger charge is 2.17. The number of amides is 1. The molecule has 0 aliphatic carbocycles. The van der Waals surface area contributed by atoms with Gasteiger partial charge in [-0.1, -0.05) is 38.1 Å². The molecule has 0 saturated heterocycles. The highest BCUT2D eigenvalue weighted by Crippen LogP contribution is 2.22. The predicted octanol–water partition coefficient (Wildman–Crippen LogP) is 2.79. The third kappa shape index (κ3) is 5.45. The molecule has 1 atom stereocenters. The van der Waals surface area contributed by atoms with Crippen molar-refractivity contribution in [1.29, 1.82) is 0 Å². The SMILES string of the molecule is CC(N)CCNC(=O)c1cccc(-c2noc(CC(C)(C)C)n2)c1. The van der Waals surface area contributed by atoms with Gasteiger partial charge in [-0.2, -0.15) is 4.98 Å². The molecule has 0 radical (unpaired) electrons. The average molecular weight is 330 g/mol. The van der Waals surface area contributed by atoms with Crippen molar-refractivity contribution < 1.29 is 9.32 Å². The van der Waals surface area contributed by atoms with Crippen LogP contribution in [0.4, 0.5) is 0 Å². The zero-order valence-electron chi connectivity index (χ0n) is 14.8. The number of carbonyl (C=O) groups is 1. The molecule has 0 saturated carbocycles. The Kier molecular flexibility index (Phi) is 5.72. The minimum atomic E-state index is -0.129. The van der Waals surface area contributed by atoms with E-state index < -0.39 is 0 Å². The first-order valence-electron chi connectivity index (χ1n) is 8.21. The summed E-state index contributed by atoms with van der Waals surface area (Å²) in [7, 11) is 0. The smallest absolute Gasteiger partial charge is 0.251 e. The lowest BCUT2D eigenvalue weighted by molar-refractivity contribution is 0.0953. The summed E-state index contributed by atoms with van der Waals surface area (Å²) in [5.74, 6) is 0.972. The van der Waals surface area contributed by atoms with Gasteiger partial charge in [-0.25, -0.2) is 0 Å². The molecule has 6 nitrogen and oxygen atoms in total. The fourth-order valence-electron chi connectivity index (χ4n) is 2.21. The van der Waals surface area contributed by atoms with E-state index >= 15 is 0 Å². The predicted molar refractivity (Wildman–Crippen MR) is 93.5 cm³/mol. The first-order chi connectivity index (χ1) is 11.2. The Balaban J connectivity index is 2.08. The van der Waals surface area contributed by atoms with Crippen LogP contribution in [-0.2, 0) is 6.42 Å². The van der Waals surface area contributed by atoms with Crippen LogP contribution < -0.4 is 11.1 Å². The second-order valence-electron chi connectivity index (χ2n) is 7.35. The molecule has 0 aliphatic heterocycles. The van der Waals surface area contributed by atoms with E-state index in [9.17, 15) is 4.79 Å². The van der Waals surface area contributed by atoms with Gasteiger partial charge in [-0.3, -0.25) is 4.79 Å². The van der Waals surface area contributed by atoms with Gasteiger partial charge in [0, 0.05) is 30.1 Å². The summed E-state index contributed by atoms with van der Waals surface area (Å²) in [5, 5.41) is 6.88. The van der Waals surface area contributed by atoms with Gasteiger partial charge >= 0.3 is 0 Å². The minimum Gasteiger partial charge on any atom is -0.352 e. The average Bonchev–Trinajstić information content (AvgIpc) is 2.93. The third-order valence-corrected chi connectivity index (χ3v) is 3.42. The fraction of sp³-hybridized carbons (Fsp3) is 0.500. The van der Waals surface area contributed by atoms with Crippen LogP contribution in [0.2, 0.25) is 0 Å². The lowest BCUT2D eigenvalue weighted by Crippen LogP contribution is -2.28. The van der Waals surface area contributed by atoms with Crippen LogP contribution in [-0.4, -0.2) is 28.6 Å². The maximum absolute atomic E-state index is 12.2. The Morgan fingerprint density at radius 2 is 2.12 bits per heavy atom. The minimum absolute atomic E-state index is 0.0669. The molecule has 6 heteroatoms. The molecule has 1 unspecified atom stereocenters. The summed E-state index contributed by atoms with van der Waals surface area (Å²) >= 11 is 0. The molecule has 0 aliphatic rings. The van der Waals surface area contributed by atoms with Crippen LogP contribution in [0.5, 0.6) is 0 Å². The molecular formula is C18H26N4O2. The van der Waals surface area contributed by atoms with Crippen LogP contribution >= 0.6 is 0 Å². The zero-order chi connectivity index (χ0) is 17.7. The third-order valence-electron chi connectivity index (χ3n) is 3.42. The molecule has 2 rings (SSSR count). The molecule has 0 spiro atoms. The lowest BCUT2D eigenvalue weighted by atomic mass is 9.92. The van der Waals surface area contributed by atoms with Crippen LogP contribution in [0, 0.1) is 5.41 Å². The number of carbonyl (C=O) groups excluding carboxylic acids is 1. The van der Waals surface area contributed by atoms with Crippen LogP contribution in [0.1, 0.15) is 50.4 Å². The van der Waals surface area contributed by atoms with E-state index in [1.165, 1.54) is 0 Å². The number of hydrogen-bond acceptors (Lipinski definition) is 5. The van der Waals surface area contributed by atoms with Crippen molar-refractivity contribution in [2.24, 2.45) is 11.1 Å². The molecule has 1 aromatic carbocycles. The Bertz CT molecular complexity index is 686. The number of aromatic nitrogens is 2. The maximum Gasteiger partial charge on any atom is 0.251 e. The van der Waals surface area contributed by atoms with Gasteiger partial charge in [0.15, 0.2) is 0 Å². The Morgan fingerprint density at radius 1 is 1.38 bits per heavy atom. The summed E-state index contributed by atoms with van der Waals surface area (Å²) in [6.07, 6.45) is 1.45. The first kappa shape index (κ1) is 18.1. The van der Waals surface area contributed by atoms with Gasteiger partial charge < -0.3 is 15.6 Å². The lowest BCUT2D eigenvalue weighted by Gasteiger charge is -2.13. The molecule has 1 heterocycles. The van der Waals surface area contributed by atoms with Gasteiger partial charge in [0.1, 0.15) is 0 Å². The standard InChI is InChI=1S/C18H26N4O2/c1-12(19)8-9-20-17(23)14-7-5-6-13(10-14)16-21-15(24-22-16)11-18(2,3)4/h5-7,10,12H,8-9,11,19H2,1-4H3,(H,20,23). The first-order valence-corrected chi connectivity index (χ1v) is 8.21. The molecule has 3 N–H and O–H groups in total. The molecule has 24 heavy (non-hydrogen) atoms. The van der Waals surface area contributed by atoms with E-state index in [-0.39, 0.29) is 17.4 Å². The summed E-state index contributed by atoms with van der Waals surface area (Å²) in [5.41, 5.74) is 7.09. The van der Waals surface area contributed by atoms with E-state index in [4.69, 9.17) is 10.3 Å². The van der Waals surface area contributed by atoms with Gasteiger partial charge in [0.05, 0.1) is 0 Å². The maximum atomic E-state index is 12.2. The normalized spacial score (nSPS) is 12.9. The van der Waals surface area contributed by atoms with Crippen molar-refractivity contribution in [1.82, 2.24) is 15.5 Å². The van der Waals surface area contributed by atoms with E-state index in [0.29, 0.717) is 30.2 Å². The Hall–Kier alpha value is -2.21. The van der Waals surface area contributed by atoms with E-state index in [2.05, 4.69) is 36.2 Å². The molecular weight excluding hydrogens is 304 g/mol. The summed E-state index contributed by atoms with van der Waals surface area (Å²) in [6, 6.07) is 7.28. The highest BCUT2D eigenvalue weighted by molar-refractivity contribution is 5.95. The van der Waals surface area contributed by atoms with Crippen molar-refractivity contribution in [2.75, 3.05) is 6.54 Å². The second-order valence-corrected chi connectivity index (χ2v) is 7.35. The molecule has 1 aromatic heterocycles. The van der Waals surface area contributed by atoms with Crippen molar-refractivity contribution in [2.45, 2.75) is 46.6 Å². The van der Waals surface area contributed by atoms with E-state index in [1.807, 2.05) is 19.1 Å². The van der Waals surface area contributed by atoms with Gasteiger partial charge in [-0.05, 0) is 30.9 Å². The van der Waals surface area contributed by atoms with Crippen LogP contribution in [0.15, 0.2) is 28.8 Å². The van der Waals surface area contributed by atoms with Crippen LogP contribution in [0.25, 0.3) is 11.4 Å². The topological polar surface area (TPSA) is 94.0 Å². The Morgan fingerprint density at radius 3 is 2.79 bits per heavy atom. The highest BCUT2D eigenvalue weighted by atomic mass is 16.5. The van der Waals surface area contributed by atoms with Crippen molar-refractivity contribution in [3.63, 3.8) is 0 Å². The van der Waals surface area contributed by atoms with E-state index in [0.717, 1.165) is 12.0 Å². The molecule has 130 valence electrons. The van der Waals surface area contributed by atoms with Crippen molar-refractivity contribution in [3.8, 4) is 11.4 Å². The number of nitrogens with one attached hydrogen (secondary N) is 1. The molecule has 0 fully saturated rings. The number of rotatable bonds is 6. The fourth-order valence-corrected chi connectivity index (χ4v) is 2.21. The Labute approximate surface area is 142 Å². The van der Waals surface area contributed by atoms with Crippen molar-refractivity contribution >= 4 is 5.91 Å². The van der Waals surface area contributed by atoms with Gasteiger partial charge in [0.25, 0.3) is 5.91 Å². The molecule has 1 amide bonds. The molecule has 2 aromatic rings. The summed E-state index contributed by atoms with van der Waals surface area (Å²) < 4.78 is 5.31. The van der Waals surface area contributed by atoms with Crippen molar-refractivity contribution in [3.05, 3.63) is 35.7 Å². The largest absolute Gasteiger partial charge is 0.352 e. The van der Waals surface area contributed by atoms with Gasteiger partial charge in [-0.15, -0.1) is 0 Å². The zero-order valence-corrected chi connectivity index (χ0v) is 14.8. The number of nitrogens with two attached hydrogens (primary N) is 1. The molecule has 0 bridgehead atoms. The number of nitrogens with zero attached hydrogens (tertiary/aromatic N) is 2.